The predicted octanol–water partition coefficient (Wildman–Crippen LogP) is 1.51. The molecule has 1 heterocycles. The topological polar surface area (TPSA) is 47.6 Å². The molecule has 0 bridgehead atoms. The highest BCUT2D eigenvalue weighted by Gasteiger charge is 2.12. The van der Waals surface area contributed by atoms with E-state index in [1.165, 1.54) is 7.11 Å². The third kappa shape index (κ3) is 5.33. The lowest BCUT2D eigenvalue weighted by Crippen LogP contribution is -2.28. The lowest BCUT2D eigenvalue weighted by atomic mass is 10.0. The zero-order chi connectivity index (χ0) is 12.5. The molecule has 1 aliphatic heterocycles. The third-order valence-electron chi connectivity index (χ3n) is 3.10. The maximum atomic E-state index is 11.3. The Balaban J connectivity index is 2.20. The van der Waals surface area contributed by atoms with Crippen LogP contribution in [0.4, 0.5) is 0 Å². The van der Waals surface area contributed by atoms with Crippen molar-refractivity contribution < 1.29 is 14.3 Å². The molecule has 0 spiro atoms. The van der Waals surface area contributed by atoms with Crippen molar-refractivity contribution >= 4 is 5.97 Å². The van der Waals surface area contributed by atoms with Gasteiger partial charge in [0.15, 0.2) is 0 Å². The molecule has 98 valence electrons. The van der Waals surface area contributed by atoms with Gasteiger partial charge in [-0.05, 0) is 31.7 Å². The number of methoxy groups -OCH3 is 1. The number of hydrogen-bond donors (Lipinski definition) is 1. The first-order chi connectivity index (χ1) is 8.27. The van der Waals surface area contributed by atoms with E-state index in [1.807, 2.05) is 13.0 Å². The number of carbonyl (C=O) groups is 1. The standard InChI is InChI=1S/C13H23NO3/c1-3-12(13(15)16-2)4-7-14-10-11-5-8-17-9-6-11/h4,11,14H,3,5-10H2,1-2H3. The summed E-state index contributed by atoms with van der Waals surface area (Å²) >= 11 is 0. The van der Waals surface area contributed by atoms with Crippen LogP contribution < -0.4 is 5.32 Å². The molecular weight excluding hydrogens is 218 g/mol. The fraction of sp³-hybridized carbons (Fsp3) is 0.769. The number of hydrogen-bond acceptors (Lipinski definition) is 4. The van der Waals surface area contributed by atoms with Crippen LogP contribution in [0.3, 0.4) is 0 Å². The summed E-state index contributed by atoms with van der Waals surface area (Å²) in [4.78, 5) is 11.3. The van der Waals surface area contributed by atoms with Gasteiger partial charge in [-0.3, -0.25) is 0 Å². The first kappa shape index (κ1) is 14.2. The maximum Gasteiger partial charge on any atom is 0.333 e. The third-order valence-corrected chi connectivity index (χ3v) is 3.10. The maximum absolute atomic E-state index is 11.3. The summed E-state index contributed by atoms with van der Waals surface area (Å²) in [6.07, 6.45) is 4.90. The van der Waals surface area contributed by atoms with Gasteiger partial charge in [-0.1, -0.05) is 13.0 Å². The molecule has 0 radical (unpaired) electrons. The van der Waals surface area contributed by atoms with Crippen LogP contribution in [-0.4, -0.2) is 39.4 Å². The molecule has 1 N–H and O–H groups in total. The van der Waals surface area contributed by atoms with E-state index in [-0.39, 0.29) is 5.97 Å². The predicted molar refractivity (Wildman–Crippen MR) is 66.8 cm³/mol. The lowest BCUT2D eigenvalue weighted by molar-refractivity contribution is -0.136. The summed E-state index contributed by atoms with van der Waals surface area (Å²) in [5.74, 6) is 0.487. The van der Waals surface area contributed by atoms with Crippen molar-refractivity contribution in [3.8, 4) is 0 Å². The molecule has 0 aromatic heterocycles. The van der Waals surface area contributed by atoms with E-state index in [1.54, 1.807) is 0 Å². The monoisotopic (exact) mass is 241 g/mol. The molecule has 1 rings (SSSR count). The van der Waals surface area contributed by atoms with Crippen LogP contribution >= 0.6 is 0 Å². The van der Waals surface area contributed by atoms with Gasteiger partial charge in [0.2, 0.25) is 0 Å². The zero-order valence-corrected chi connectivity index (χ0v) is 10.8. The Kier molecular flexibility index (Phi) is 6.89. The van der Waals surface area contributed by atoms with Crippen molar-refractivity contribution in [2.75, 3.05) is 33.4 Å². The Morgan fingerprint density at radius 1 is 1.47 bits per heavy atom. The summed E-state index contributed by atoms with van der Waals surface area (Å²) in [7, 11) is 1.42. The van der Waals surface area contributed by atoms with Gasteiger partial charge < -0.3 is 14.8 Å². The fourth-order valence-corrected chi connectivity index (χ4v) is 1.94. The number of carbonyl (C=O) groups excluding carboxylic acids is 1. The van der Waals surface area contributed by atoms with E-state index in [9.17, 15) is 4.79 Å². The van der Waals surface area contributed by atoms with Gasteiger partial charge in [-0.2, -0.15) is 0 Å². The molecule has 17 heavy (non-hydrogen) atoms. The first-order valence-corrected chi connectivity index (χ1v) is 6.33. The second-order valence-electron chi connectivity index (χ2n) is 4.29. The number of nitrogens with one attached hydrogen (secondary N) is 1. The minimum Gasteiger partial charge on any atom is -0.466 e. The highest BCUT2D eigenvalue weighted by molar-refractivity contribution is 5.88. The minimum absolute atomic E-state index is 0.222. The summed E-state index contributed by atoms with van der Waals surface area (Å²) in [6.45, 7) is 5.45. The van der Waals surface area contributed by atoms with Gasteiger partial charge >= 0.3 is 5.97 Å². The van der Waals surface area contributed by atoms with Crippen molar-refractivity contribution in [2.24, 2.45) is 5.92 Å². The van der Waals surface area contributed by atoms with Crippen LogP contribution in [0.25, 0.3) is 0 Å². The SMILES string of the molecule is CCC(=CCNCC1CCOCC1)C(=O)OC. The Hall–Kier alpha value is -0.870. The molecule has 4 heteroatoms. The van der Waals surface area contributed by atoms with Crippen LogP contribution in [0.2, 0.25) is 0 Å². The van der Waals surface area contributed by atoms with E-state index in [0.717, 1.165) is 44.7 Å². The zero-order valence-electron chi connectivity index (χ0n) is 10.8. The van der Waals surface area contributed by atoms with Crippen LogP contribution in [0, 0.1) is 5.92 Å². The number of ether oxygens (including phenoxy) is 2. The lowest BCUT2D eigenvalue weighted by Gasteiger charge is -2.21. The fourth-order valence-electron chi connectivity index (χ4n) is 1.94. The van der Waals surface area contributed by atoms with Crippen LogP contribution in [0.1, 0.15) is 26.2 Å². The molecular formula is C13H23NO3. The molecule has 1 saturated heterocycles. The first-order valence-electron chi connectivity index (χ1n) is 6.33. The highest BCUT2D eigenvalue weighted by atomic mass is 16.5. The number of esters is 1. The second-order valence-corrected chi connectivity index (χ2v) is 4.29. The van der Waals surface area contributed by atoms with Gasteiger partial charge in [0.05, 0.1) is 7.11 Å². The van der Waals surface area contributed by atoms with Crippen molar-refractivity contribution in [3.05, 3.63) is 11.6 Å². The molecule has 0 aromatic carbocycles. The van der Waals surface area contributed by atoms with Crippen LogP contribution in [0.5, 0.6) is 0 Å². The number of rotatable bonds is 6. The van der Waals surface area contributed by atoms with Crippen molar-refractivity contribution in [1.29, 1.82) is 0 Å². The normalized spacial score (nSPS) is 18.1. The van der Waals surface area contributed by atoms with Gasteiger partial charge in [-0.15, -0.1) is 0 Å². The molecule has 1 aliphatic rings. The summed E-state index contributed by atoms with van der Waals surface area (Å²) in [5.41, 5.74) is 0.743. The average molecular weight is 241 g/mol. The Labute approximate surface area is 103 Å². The van der Waals surface area contributed by atoms with Crippen LogP contribution in [-0.2, 0) is 14.3 Å². The van der Waals surface area contributed by atoms with Crippen molar-refractivity contribution in [2.45, 2.75) is 26.2 Å². The molecule has 0 aliphatic carbocycles. The minimum atomic E-state index is -0.222. The molecule has 0 aromatic rings. The quantitative estimate of drug-likeness (QED) is 0.435. The highest BCUT2D eigenvalue weighted by Crippen LogP contribution is 2.13. The van der Waals surface area contributed by atoms with Gasteiger partial charge in [0.1, 0.15) is 0 Å². The summed E-state index contributed by atoms with van der Waals surface area (Å²) in [6, 6.07) is 0. The smallest absolute Gasteiger partial charge is 0.333 e. The molecule has 4 nitrogen and oxygen atoms in total. The molecule has 0 saturated carbocycles. The van der Waals surface area contributed by atoms with Crippen molar-refractivity contribution in [1.82, 2.24) is 5.32 Å². The van der Waals surface area contributed by atoms with E-state index >= 15 is 0 Å². The Morgan fingerprint density at radius 2 is 2.18 bits per heavy atom. The van der Waals surface area contributed by atoms with Crippen molar-refractivity contribution in [3.63, 3.8) is 0 Å². The van der Waals surface area contributed by atoms with Gasteiger partial charge in [0, 0.05) is 25.3 Å². The second kappa shape index (κ2) is 8.25. The largest absolute Gasteiger partial charge is 0.466 e. The van der Waals surface area contributed by atoms with E-state index in [0.29, 0.717) is 12.3 Å². The molecule has 1 fully saturated rings. The molecule has 0 amide bonds. The molecule has 0 atom stereocenters. The Morgan fingerprint density at radius 3 is 2.76 bits per heavy atom. The average Bonchev–Trinajstić information content (AvgIpc) is 2.39. The van der Waals surface area contributed by atoms with Crippen LogP contribution in [0.15, 0.2) is 11.6 Å². The van der Waals surface area contributed by atoms with Gasteiger partial charge in [-0.25, -0.2) is 4.79 Å². The summed E-state index contributed by atoms with van der Waals surface area (Å²) < 4.78 is 10.0. The summed E-state index contributed by atoms with van der Waals surface area (Å²) in [5, 5.41) is 3.36. The van der Waals surface area contributed by atoms with Gasteiger partial charge in [0.25, 0.3) is 0 Å². The molecule has 0 unspecified atom stereocenters. The van der Waals surface area contributed by atoms with E-state index in [4.69, 9.17) is 9.47 Å². The van der Waals surface area contributed by atoms with E-state index in [2.05, 4.69) is 5.32 Å². The van der Waals surface area contributed by atoms with E-state index < -0.39 is 0 Å². The Bertz CT molecular complexity index is 257.